The van der Waals surface area contributed by atoms with Crippen LogP contribution in [0.2, 0.25) is 0 Å². The molecule has 0 saturated heterocycles. The quantitative estimate of drug-likeness (QED) is 0.845. The molecule has 0 unspecified atom stereocenters. The minimum Gasteiger partial charge on any atom is -0.467 e. The summed E-state index contributed by atoms with van der Waals surface area (Å²) in [5, 5.41) is 3.56. The van der Waals surface area contributed by atoms with E-state index >= 15 is 0 Å². The molecule has 0 fully saturated rings. The summed E-state index contributed by atoms with van der Waals surface area (Å²) >= 11 is 3.41. The van der Waals surface area contributed by atoms with Gasteiger partial charge in [0.1, 0.15) is 11.2 Å². The second-order valence-corrected chi connectivity index (χ2v) is 5.72. The minimum atomic E-state index is -1.09. The van der Waals surface area contributed by atoms with Gasteiger partial charge >= 0.3 is 5.97 Å². The van der Waals surface area contributed by atoms with Crippen molar-refractivity contribution in [1.29, 1.82) is 0 Å². The number of hydrogen-bond donors (Lipinski definition) is 2. The van der Waals surface area contributed by atoms with E-state index in [-0.39, 0.29) is 5.91 Å². The maximum atomic E-state index is 12.3. The highest BCUT2D eigenvalue weighted by Crippen LogP contribution is 2.27. The van der Waals surface area contributed by atoms with Crippen molar-refractivity contribution in [3.63, 3.8) is 0 Å². The second kappa shape index (κ2) is 5.28. The lowest BCUT2D eigenvalue weighted by atomic mass is 10.1. The van der Waals surface area contributed by atoms with E-state index in [0.717, 1.165) is 10.9 Å². The summed E-state index contributed by atoms with van der Waals surface area (Å²) < 4.78 is 5.34. The second-order valence-electron chi connectivity index (χ2n) is 4.93. The number of halogens is 1. The summed E-state index contributed by atoms with van der Waals surface area (Å²) in [4.78, 5) is 26.9. The van der Waals surface area contributed by atoms with Crippen molar-refractivity contribution in [3.05, 3.63) is 34.4 Å². The fourth-order valence-electron chi connectivity index (χ4n) is 1.92. The van der Waals surface area contributed by atoms with Crippen molar-refractivity contribution in [3.8, 4) is 0 Å². The average molecular weight is 339 g/mol. The number of nitrogens with one attached hydrogen (secondary N) is 2. The van der Waals surface area contributed by atoms with Crippen LogP contribution in [0.4, 0.5) is 0 Å². The maximum Gasteiger partial charge on any atom is 0.330 e. The van der Waals surface area contributed by atoms with Gasteiger partial charge in [-0.05, 0) is 35.8 Å². The smallest absolute Gasteiger partial charge is 0.330 e. The first-order valence-electron chi connectivity index (χ1n) is 6.04. The van der Waals surface area contributed by atoms with Gasteiger partial charge in [-0.15, -0.1) is 0 Å². The number of benzene rings is 1. The van der Waals surface area contributed by atoms with Crippen molar-refractivity contribution in [1.82, 2.24) is 10.3 Å². The van der Waals surface area contributed by atoms with Crippen LogP contribution in [0.3, 0.4) is 0 Å². The van der Waals surface area contributed by atoms with E-state index in [0.29, 0.717) is 10.2 Å². The molecule has 2 N–H and O–H groups in total. The van der Waals surface area contributed by atoms with Gasteiger partial charge in [-0.1, -0.05) is 18.2 Å². The van der Waals surface area contributed by atoms with Crippen LogP contribution >= 0.6 is 15.9 Å². The summed E-state index contributed by atoms with van der Waals surface area (Å²) in [6, 6.07) is 7.55. The number of aromatic amines is 1. The summed E-state index contributed by atoms with van der Waals surface area (Å²) in [6.45, 7) is 3.18. The Morgan fingerprint density at radius 2 is 1.95 bits per heavy atom. The van der Waals surface area contributed by atoms with E-state index in [1.165, 1.54) is 7.11 Å². The molecule has 0 aliphatic heterocycles. The summed E-state index contributed by atoms with van der Waals surface area (Å²) in [7, 11) is 1.29. The molecule has 1 amide bonds. The molecule has 5 nitrogen and oxygen atoms in total. The zero-order valence-corrected chi connectivity index (χ0v) is 13.0. The number of ether oxygens (including phenoxy) is 1. The van der Waals surface area contributed by atoms with E-state index in [2.05, 4.69) is 31.0 Å². The molecule has 2 aromatic rings. The first kappa shape index (κ1) is 14.6. The molecule has 0 spiro atoms. The molecule has 1 aromatic carbocycles. The highest BCUT2D eigenvalue weighted by atomic mass is 79.9. The summed E-state index contributed by atoms with van der Waals surface area (Å²) in [6.07, 6.45) is 0. The van der Waals surface area contributed by atoms with Crippen molar-refractivity contribution < 1.29 is 14.3 Å². The van der Waals surface area contributed by atoms with Crippen LogP contribution < -0.4 is 5.32 Å². The Morgan fingerprint density at radius 3 is 2.55 bits per heavy atom. The van der Waals surface area contributed by atoms with Crippen molar-refractivity contribution in [2.75, 3.05) is 7.11 Å². The van der Waals surface area contributed by atoms with Crippen molar-refractivity contribution in [2.24, 2.45) is 0 Å². The van der Waals surface area contributed by atoms with Crippen LogP contribution in [0.5, 0.6) is 0 Å². The molecule has 6 heteroatoms. The van der Waals surface area contributed by atoms with Crippen molar-refractivity contribution >= 4 is 38.7 Å². The number of carbonyl (C=O) groups is 2. The zero-order valence-electron chi connectivity index (χ0n) is 11.4. The Balaban J connectivity index is 2.33. The standard InChI is InChI=1S/C14H15BrN2O3/c1-14(2,13(19)20-3)17-12(18)11-10(15)8-6-4-5-7-9(8)16-11/h4-7,16H,1-3H3,(H,17,18). The van der Waals surface area contributed by atoms with E-state index in [4.69, 9.17) is 0 Å². The van der Waals surface area contributed by atoms with Gasteiger partial charge in [0.15, 0.2) is 0 Å². The van der Waals surface area contributed by atoms with E-state index < -0.39 is 11.5 Å². The molecule has 106 valence electrons. The molecule has 1 heterocycles. The van der Waals surface area contributed by atoms with Gasteiger partial charge in [-0.2, -0.15) is 0 Å². The predicted octanol–water partition coefficient (Wildman–Crippen LogP) is 2.61. The lowest BCUT2D eigenvalue weighted by molar-refractivity contribution is -0.146. The molecule has 0 bridgehead atoms. The Kier molecular flexibility index (Phi) is 3.85. The summed E-state index contributed by atoms with van der Waals surface area (Å²) in [5.41, 5.74) is 0.131. The lowest BCUT2D eigenvalue weighted by Gasteiger charge is -2.22. The number of para-hydroxylation sites is 1. The molecule has 0 radical (unpaired) electrons. The first-order chi connectivity index (χ1) is 9.36. The molecule has 0 aliphatic carbocycles. The van der Waals surface area contributed by atoms with Crippen LogP contribution in [0.25, 0.3) is 10.9 Å². The Hall–Kier alpha value is -1.82. The van der Waals surface area contributed by atoms with Gasteiger partial charge in [0, 0.05) is 10.9 Å². The Morgan fingerprint density at radius 1 is 1.30 bits per heavy atom. The number of methoxy groups -OCH3 is 1. The number of esters is 1. The van der Waals surface area contributed by atoms with Gasteiger partial charge in [0.2, 0.25) is 0 Å². The normalized spacial score (nSPS) is 11.4. The third-order valence-electron chi connectivity index (χ3n) is 2.99. The molecule has 0 aliphatic rings. The molecule has 1 aromatic heterocycles. The summed E-state index contributed by atoms with van der Waals surface area (Å²) in [5.74, 6) is -0.874. The van der Waals surface area contributed by atoms with Crippen LogP contribution in [0.15, 0.2) is 28.7 Å². The third kappa shape index (κ3) is 2.56. The molecule has 0 atom stereocenters. The fourth-order valence-corrected chi connectivity index (χ4v) is 2.54. The first-order valence-corrected chi connectivity index (χ1v) is 6.83. The highest BCUT2D eigenvalue weighted by Gasteiger charge is 2.32. The lowest BCUT2D eigenvalue weighted by Crippen LogP contribution is -2.50. The van der Waals surface area contributed by atoms with E-state index in [1.54, 1.807) is 13.8 Å². The largest absolute Gasteiger partial charge is 0.467 e. The molecule has 0 saturated carbocycles. The van der Waals surface area contributed by atoms with Crippen LogP contribution in [-0.4, -0.2) is 29.5 Å². The maximum absolute atomic E-state index is 12.3. The van der Waals surface area contributed by atoms with Crippen molar-refractivity contribution in [2.45, 2.75) is 19.4 Å². The zero-order chi connectivity index (χ0) is 14.9. The molecule has 20 heavy (non-hydrogen) atoms. The third-order valence-corrected chi connectivity index (χ3v) is 3.82. The van der Waals surface area contributed by atoms with Crippen LogP contribution in [-0.2, 0) is 9.53 Å². The highest BCUT2D eigenvalue weighted by molar-refractivity contribution is 9.10. The number of amides is 1. The number of carbonyl (C=O) groups excluding carboxylic acids is 2. The number of hydrogen-bond acceptors (Lipinski definition) is 3. The van der Waals surface area contributed by atoms with Gasteiger partial charge in [0.25, 0.3) is 5.91 Å². The molecular weight excluding hydrogens is 324 g/mol. The Bertz CT molecular complexity index is 676. The van der Waals surface area contributed by atoms with Gasteiger partial charge < -0.3 is 15.0 Å². The predicted molar refractivity (Wildman–Crippen MR) is 79.6 cm³/mol. The molecule has 2 rings (SSSR count). The number of rotatable bonds is 3. The van der Waals surface area contributed by atoms with E-state index in [9.17, 15) is 9.59 Å². The number of H-pyrrole nitrogens is 1. The number of fused-ring (bicyclic) bond motifs is 1. The minimum absolute atomic E-state index is 0.372. The average Bonchev–Trinajstić information content (AvgIpc) is 2.75. The van der Waals surface area contributed by atoms with Gasteiger partial charge in [-0.25, -0.2) is 4.79 Å². The van der Waals surface area contributed by atoms with Crippen LogP contribution in [0.1, 0.15) is 24.3 Å². The van der Waals surface area contributed by atoms with E-state index in [1.807, 2.05) is 24.3 Å². The van der Waals surface area contributed by atoms with Crippen LogP contribution in [0, 0.1) is 0 Å². The molecular formula is C14H15BrN2O3. The number of aromatic nitrogens is 1. The Labute approximate surface area is 124 Å². The monoisotopic (exact) mass is 338 g/mol. The van der Waals surface area contributed by atoms with Gasteiger partial charge in [0.05, 0.1) is 11.6 Å². The SMILES string of the molecule is COC(=O)C(C)(C)NC(=O)c1[nH]c2ccccc2c1Br. The topological polar surface area (TPSA) is 71.2 Å². The fraction of sp³-hybridized carbons (Fsp3) is 0.286. The van der Waals surface area contributed by atoms with Gasteiger partial charge in [-0.3, -0.25) is 4.79 Å².